The molecule has 4 aliphatic carbocycles. The average Bonchev–Trinajstić information content (AvgIpc) is 2.96. The van der Waals surface area contributed by atoms with Crippen molar-refractivity contribution in [1.82, 2.24) is 0 Å². The van der Waals surface area contributed by atoms with Crippen LogP contribution in [0.25, 0.3) is 0 Å². The lowest BCUT2D eigenvalue weighted by Crippen LogP contribution is -2.50. The Labute approximate surface area is 133 Å². The predicted molar refractivity (Wildman–Crippen MR) is 86.8 cm³/mol. The van der Waals surface area contributed by atoms with Crippen LogP contribution in [0.4, 0.5) is 0 Å². The van der Waals surface area contributed by atoms with Gasteiger partial charge in [-0.3, -0.25) is 0 Å². The molecule has 2 fully saturated rings. The van der Waals surface area contributed by atoms with Crippen LogP contribution in [0.1, 0.15) is 53.4 Å². The zero-order valence-electron chi connectivity index (χ0n) is 14.1. The number of ether oxygens (including phenoxy) is 1. The predicted octanol–water partition coefficient (Wildman–Crippen LogP) is 4.78. The number of hydrogen-bond donors (Lipinski definition) is 0. The summed E-state index contributed by atoms with van der Waals surface area (Å²) in [6, 6.07) is 0. The van der Waals surface area contributed by atoms with Crippen molar-refractivity contribution >= 4 is 5.97 Å². The van der Waals surface area contributed by atoms with E-state index in [4.69, 9.17) is 4.74 Å². The van der Waals surface area contributed by atoms with Gasteiger partial charge in [0.25, 0.3) is 0 Å². The van der Waals surface area contributed by atoms with E-state index in [0.717, 1.165) is 17.3 Å². The van der Waals surface area contributed by atoms with Gasteiger partial charge >= 0.3 is 5.97 Å². The largest absolute Gasteiger partial charge is 0.423 e. The maximum Gasteiger partial charge on any atom is 0.339 e. The van der Waals surface area contributed by atoms with E-state index in [-0.39, 0.29) is 11.4 Å². The molecular formula is C20H26O2. The summed E-state index contributed by atoms with van der Waals surface area (Å²) in [5.74, 6) is 2.46. The quantitative estimate of drug-likeness (QED) is 0.514. The van der Waals surface area contributed by atoms with Crippen LogP contribution in [0, 0.1) is 28.6 Å². The number of esters is 1. The Bertz CT molecular complexity index is 634. The minimum atomic E-state index is -0.182. The molecule has 2 bridgehead atoms. The van der Waals surface area contributed by atoms with Gasteiger partial charge in [0.05, 0.1) is 0 Å². The van der Waals surface area contributed by atoms with E-state index in [2.05, 4.69) is 32.9 Å². The number of hydrogen-bond acceptors (Lipinski definition) is 2. The van der Waals surface area contributed by atoms with Crippen LogP contribution in [0.5, 0.6) is 0 Å². The van der Waals surface area contributed by atoms with E-state index in [1.165, 1.54) is 25.7 Å². The maximum absolute atomic E-state index is 11.7. The lowest BCUT2D eigenvalue weighted by atomic mass is 9.46. The van der Waals surface area contributed by atoms with E-state index in [1.807, 2.05) is 13.0 Å². The first-order valence-electron chi connectivity index (χ1n) is 8.69. The minimum Gasteiger partial charge on any atom is -0.423 e. The summed E-state index contributed by atoms with van der Waals surface area (Å²) in [5, 5.41) is 0. The lowest BCUT2D eigenvalue weighted by molar-refractivity contribution is -0.133. The first-order chi connectivity index (χ1) is 10.3. The summed E-state index contributed by atoms with van der Waals surface area (Å²) in [6.45, 7) is 9.04. The molecule has 0 N–H and O–H groups in total. The first-order valence-corrected chi connectivity index (χ1v) is 8.69. The molecule has 1 spiro atoms. The monoisotopic (exact) mass is 298 g/mol. The SMILES string of the molecule is CC1=C/C(=C/[C@@H]2C(C)(C)[C@H]3C=C4[C@@H](C)CC[C@]42CC3)OC1=O. The highest BCUT2D eigenvalue weighted by atomic mass is 16.5. The molecule has 22 heavy (non-hydrogen) atoms. The fourth-order valence-electron chi connectivity index (χ4n) is 5.71. The molecule has 5 rings (SSSR count). The normalized spacial score (nSPS) is 43.9. The highest BCUT2D eigenvalue weighted by Gasteiger charge is 2.59. The summed E-state index contributed by atoms with van der Waals surface area (Å²) in [7, 11) is 0. The molecule has 0 unspecified atom stereocenters. The Morgan fingerprint density at radius 2 is 2.00 bits per heavy atom. The fraction of sp³-hybridized carbons (Fsp3) is 0.650. The highest BCUT2D eigenvalue weighted by Crippen LogP contribution is 2.68. The van der Waals surface area contributed by atoms with Crippen molar-refractivity contribution in [2.24, 2.45) is 28.6 Å². The summed E-state index contributed by atoms with van der Waals surface area (Å²) in [6.07, 6.45) is 12.0. The number of carbonyl (C=O) groups excluding carboxylic acids is 1. The van der Waals surface area contributed by atoms with Crippen molar-refractivity contribution in [1.29, 1.82) is 0 Å². The van der Waals surface area contributed by atoms with Gasteiger partial charge in [-0.15, -0.1) is 0 Å². The third-order valence-corrected chi connectivity index (χ3v) is 6.99. The second kappa shape index (κ2) is 4.37. The Kier molecular flexibility index (Phi) is 2.84. The second-order valence-electron chi connectivity index (χ2n) is 8.45. The average molecular weight is 298 g/mol. The van der Waals surface area contributed by atoms with E-state index >= 15 is 0 Å². The van der Waals surface area contributed by atoms with Crippen LogP contribution in [-0.4, -0.2) is 5.97 Å². The van der Waals surface area contributed by atoms with Crippen molar-refractivity contribution in [3.8, 4) is 0 Å². The zero-order valence-corrected chi connectivity index (χ0v) is 14.1. The Morgan fingerprint density at radius 3 is 2.68 bits per heavy atom. The molecule has 0 radical (unpaired) electrons. The van der Waals surface area contributed by atoms with Gasteiger partial charge in [0.1, 0.15) is 5.76 Å². The van der Waals surface area contributed by atoms with Crippen LogP contribution >= 0.6 is 0 Å². The van der Waals surface area contributed by atoms with Gasteiger partial charge in [-0.2, -0.15) is 0 Å². The fourth-order valence-corrected chi connectivity index (χ4v) is 5.71. The van der Waals surface area contributed by atoms with Crippen LogP contribution in [0.3, 0.4) is 0 Å². The van der Waals surface area contributed by atoms with Crippen LogP contribution in [0.2, 0.25) is 0 Å². The standard InChI is InChI=1S/C20H26O2/c1-12-5-7-20-8-6-14(10-16(12)20)19(3,4)17(20)11-15-9-13(2)18(21)22-15/h9-12,14,17H,5-8H2,1-4H3/b15-11-/t12-,14+,17+,20-/m0/s1. The Hall–Kier alpha value is -1.31. The van der Waals surface area contributed by atoms with Gasteiger partial charge < -0.3 is 4.74 Å². The summed E-state index contributed by atoms with van der Waals surface area (Å²) >= 11 is 0. The van der Waals surface area contributed by atoms with Gasteiger partial charge in [0, 0.05) is 5.57 Å². The smallest absolute Gasteiger partial charge is 0.339 e. The van der Waals surface area contributed by atoms with Crippen molar-refractivity contribution in [2.75, 3.05) is 0 Å². The Balaban J connectivity index is 1.80. The van der Waals surface area contributed by atoms with Crippen LogP contribution < -0.4 is 0 Å². The molecule has 0 amide bonds. The third-order valence-electron chi connectivity index (χ3n) is 6.99. The van der Waals surface area contributed by atoms with E-state index in [9.17, 15) is 4.79 Å². The number of cyclic esters (lactones) is 1. The van der Waals surface area contributed by atoms with Crippen LogP contribution in [-0.2, 0) is 9.53 Å². The van der Waals surface area contributed by atoms with Crippen molar-refractivity contribution in [3.05, 3.63) is 35.1 Å². The molecule has 2 saturated carbocycles. The molecule has 0 aromatic carbocycles. The first kappa shape index (κ1) is 14.3. The lowest BCUT2D eigenvalue weighted by Gasteiger charge is -2.58. The Morgan fingerprint density at radius 1 is 1.27 bits per heavy atom. The third kappa shape index (κ3) is 1.70. The molecular weight excluding hydrogens is 272 g/mol. The molecule has 4 atom stereocenters. The molecule has 5 aliphatic rings. The van der Waals surface area contributed by atoms with Gasteiger partial charge in [-0.05, 0) is 73.3 Å². The molecule has 118 valence electrons. The zero-order chi connectivity index (χ0) is 15.7. The molecule has 1 heterocycles. The molecule has 2 nitrogen and oxygen atoms in total. The number of allylic oxidation sites excluding steroid dienone is 4. The molecule has 0 aromatic rings. The summed E-state index contributed by atoms with van der Waals surface area (Å²) in [4.78, 5) is 11.7. The number of carbonyl (C=O) groups is 1. The van der Waals surface area contributed by atoms with Crippen molar-refractivity contribution in [2.45, 2.75) is 53.4 Å². The maximum atomic E-state index is 11.7. The van der Waals surface area contributed by atoms with E-state index in [1.54, 1.807) is 5.57 Å². The van der Waals surface area contributed by atoms with Crippen molar-refractivity contribution in [3.63, 3.8) is 0 Å². The summed E-state index contributed by atoms with van der Waals surface area (Å²) < 4.78 is 5.46. The highest BCUT2D eigenvalue weighted by molar-refractivity contribution is 5.92. The minimum absolute atomic E-state index is 0.182. The molecule has 1 aliphatic heterocycles. The topological polar surface area (TPSA) is 26.3 Å². The van der Waals surface area contributed by atoms with E-state index in [0.29, 0.717) is 17.3 Å². The number of rotatable bonds is 1. The van der Waals surface area contributed by atoms with Gasteiger partial charge in [0.2, 0.25) is 0 Å². The van der Waals surface area contributed by atoms with E-state index < -0.39 is 0 Å². The van der Waals surface area contributed by atoms with Gasteiger partial charge in [0.15, 0.2) is 0 Å². The van der Waals surface area contributed by atoms with Crippen molar-refractivity contribution < 1.29 is 9.53 Å². The molecule has 2 heteroatoms. The van der Waals surface area contributed by atoms with Gasteiger partial charge in [-0.1, -0.05) is 32.4 Å². The van der Waals surface area contributed by atoms with Gasteiger partial charge in [-0.25, -0.2) is 4.79 Å². The van der Waals surface area contributed by atoms with Crippen LogP contribution in [0.15, 0.2) is 35.1 Å². The summed E-state index contributed by atoms with van der Waals surface area (Å²) in [5.41, 5.74) is 2.99. The molecule has 0 aromatic heterocycles. The molecule has 0 saturated heterocycles. The second-order valence-corrected chi connectivity index (χ2v) is 8.45. The number of fused-ring (bicyclic) bond motifs is 2.